The maximum Gasteiger partial charge on any atom is 0.519 e. The molecule has 0 saturated heterocycles. The highest BCUT2D eigenvalue weighted by Crippen LogP contribution is 2.43. The highest BCUT2D eigenvalue weighted by atomic mass is 32.2. The molecule has 25 heavy (non-hydrogen) atoms. The minimum Gasteiger partial charge on any atom is -0.535 e. The molecule has 134 valence electrons. The molecule has 3 N–H and O–H groups in total. The molecule has 3 rings (SSSR count). The Morgan fingerprint density at radius 3 is 2.92 bits per heavy atom. The molecule has 0 bridgehead atoms. The molecule has 1 aliphatic rings. The fraction of sp³-hybridized carbons (Fsp3) is 0.438. The lowest BCUT2D eigenvalue weighted by Gasteiger charge is -2.37. The van der Waals surface area contributed by atoms with Gasteiger partial charge in [-0.1, -0.05) is 6.58 Å². The number of nitrogens with one attached hydrogen (secondary N) is 2. The second kappa shape index (κ2) is 6.82. The van der Waals surface area contributed by atoms with Gasteiger partial charge in [-0.2, -0.15) is 0 Å². The van der Waals surface area contributed by atoms with Gasteiger partial charge in [0, 0.05) is 23.2 Å². The van der Waals surface area contributed by atoms with Crippen LogP contribution in [0, 0.1) is 5.92 Å². The maximum atomic E-state index is 11.7. The van der Waals surface area contributed by atoms with Crippen molar-refractivity contribution in [3.05, 3.63) is 30.6 Å². The zero-order valence-corrected chi connectivity index (χ0v) is 15.1. The van der Waals surface area contributed by atoms with Gasteiger partial charge in [-0.05, 0) is 44.1 Å². The van der Waals surface area contributed by atoms with Gasteiger partial charge in [-0.15, -0.1) is 0 Å². The minimum absolute atomic E-state index is 0.0589. The average molecular weight is 363 g/mol. The van der Waals surface area contributed by atoms with Gasteiger partial charge in [0.2, 0.25) is 10.0 Å². The van der Waals surface area contributed by atoms with Crippen LogP contribution < -0.4 is 9.38 Å². The van der Waals surface area contributed by atoms with E-state index in [-0.39, 0.29) is 17.7 Å². The van der Waals surface area contributed by atoms with Gasteiger partial charge in [0.05, 0.1) is 11.9 Å². The summed E-state index contributed by atoms with van der Waals surface area (Å²) in [5.74, 6) is 0.710. The standard InChI is InChI=1S/C16H22BN3O4S/c1-4-25(22,23)20-12-7-11(8-12)10(2)15-13-5-6-18-16(13)19-9-14(15)24-17(3)21/h5-6,9,11-12,20-21H,2,4,7-8H2,1,3H3,(H,18,19). The first-order valence-electron chi connectivity index (χ1n) is 8.30. The van der Waals surface area contributed by atoms with E-state index in [1.807, 2.05) is 6.07 Å². The number of rotatable bonds is 7. The van der Waals surface area contributed by atoms with E-state index in [1.165, 1.54) is 6.82 Å². The number of hydrogen-bond donors (Lipinski definition) is 3. The van der Waals surface area contributed by atoms with Crippen molar-refractivity contribution in [2.24, 2.45) is 5.92 Å². The van der Waals surface area contributed by atoms with Crippen LogP contribution in [0.3, 0.4) is 0 Å². The van der Waals surface area contributed by atoms with Crippen molar-refractivity contribution >= 4 is 33.7 Å². The number of allylic oxidation sites excluding steroid dienone is 1. The molecule has 2 heterocycles. The Kier molecular flexibility index (Phi) is 4.90. The lowest BCUT2D eigenvalue weighted by Crippen LogP contribution is -2.45. The summed E-state index contributed by atoms with van der Waals surface area (Å²) < 4.78 is 31.5. The lowest BCUT2D eigenvalue weighted by atomic mass is 9.74. The number of hydrogen-bond acceptors (Lipinski definition) is 5. The minimum atomic E-state index is -3.20. The molecule has 7 nitrogen and oxygen atoms in total. The Labute approximate surface area is 147 Å². The average Bonchev–Trinajstić information content (AvgIpc) is 2.97. The summed E-state index contributed by atoms with van der Waals surface area (Å²) >= 11 is 0. The van der Waals surface area contributed by atoms with Crippen LogP contribution >= 0.6 is 0 Å². The second-order valence-electron chi connectivity index (χ2n) is 6.37. The topological polar surface area (TPSA) is 104 Å². The number of H-pyrrole nitrogens is 1. The molecule has 0 aliphatic heterocycles. The zero-order chi connectivity index (χ0) is 18.2. The molecule has 1 saturated carbocycles. The van der Waals surface area contributed by atoms with Crippen LogP contribution in [0.4, 0.5) is 0 Å². The molecule has 0 radical (unpaired) electrons. The van der Waals surface area contributed by atoms with Crippen LogP contribution in [0.25, 0.3) is 16.6 Å². The summed E-state index contributed by atoms with van der Waals surface area (Å²) in [5, 5.41) is 10.5. The highest BCUT2D eigenvalue weighted by Gasteiger charge is 2.35. The van der Waals surface area contributed by atoms with Crippen molar-refractivity contribution in [2.45, 2.75) is 32.6 Å². The summed E-state index contributed by atoms with van der Waals surface area (Å²) in [4.78, 5) is 7.35. The Hall–Kier alpha value is -1.84. The summed E-state index contributed by atoms with van der Waals surface area (Å²) in [5.41, 5.74) is 2.40. The molecule has 0 spiro atoms. The van der Waals surface area contributed by atoms with Crippen LogP contribution in [0.1, 0.15) is 25.3 Å². The van der Waals surface area contributed by atoms with Gasteiger partial charge < -0.3 is 14.7 Å². The van der Waals surface area contributed by atoms with Gasteiger partial charge in [0.25, 0.3) is 0 Å². The van der Waals surface area contributed by atoms with E-state index >= 15 is 0 Å². The van der Waals surface area contributed by atoms with Crippen LogP contribution in [-0.2, 0) is 10.0 Å². The van der Waals surface area contributed by atoms with E-state index in [9.17, 15) is 13.4 Å². The summed E-state index contributed by atoms with van der Waals surface area (Å²) in [6.45, 7) is 7.37. The van der Waals surface area contributed by atoms with E-state index in [4.69, 9.17) is 4.65 Å². The maximum absolute atomic E-state index is 11.7. The van der Waals surface area contributed by atoms with Crippen LogP contribution in [0.2, 0.25) is 6.82 Å². The Bertz CT molecular complexity index is 888. The number of aromatic amines is 1. The van der Waals surface area contributed by atoms with Gasteiger partial charge in [0.15, 0.2) is 0 Å². The van der Waals surface area contributed by atoms with Crippen molar-refractivity contribution in [1.82, 2.24) is 14.7 Å². The quantitative estimate of drug-likeness (QED) is 0.651. The molecular weight excluding hydrogens is 341 g/mol. The summed E-state index contributed by atoms with van der Waals surface area (Å²) in [7, 11) is -4.16. The number of sulfonamides is 1. The van der Waals surface area contributed by atoms with Crippen LogP contribution in [0.5, 0.6) is 5.75 Å². The molecule has 1 aliphatic carbocycles. The van der Waals surface area contributed by atoms with Gasteiger partial charge in [-0.3, -0.25) is 0 Å². The third kappa shape index (κ3) is 3.73. The third-order valence-electron chi connectivity index (χ3n) is 4.53. The number of fused-ring (bicyclic) bond motifs is 1. The van der Waals surface area contributed by atoms with E-state index < -0.39 is 17.1 Å². The molecule has 0 amide bonds. The molecule has 9 heteroatoms. The van der Waals surface area contributed by atoms with Gasteiger partial charge >= 0.3 is 7.12 Å². The molecular formula is C16H22BN3O4S. The lowest BCUT2D eigenvalue weighted by molar-refractivity contribution is 0.310. The number of aromatic nitrogens is 2. The fourth-order valence-corrected chi connectivity index (χ4v) is 4.00. The summed E-state index contributed by atoms with van der Waals surface area (Å²) in [6, 6.07) is 1.84. The Morgan fingerprint density at radius 2 is 2.28 bits per heavy atom. The second-order valence-corrected chi connectivity index (χ2v) is 8.41. The zero-order valence-electron chi connectivity index (χ0n) is 14.3. The first kappa shape index (κ1) is 18.0. The summed E-state index contributed by atoms with van der Waals surface area (Å²) in [6.07, 6.45) is 4.75. The van der Waals surface area contributed by atoms with Crippen molar-refractivity contribution in [1.29, 1.82) is 0 Å². The predicted molar refractivity (Wildman–Crippen MR) is 98.7 cm³/mol. The van der Waals surface area contributed by atoms with Crippen molar-refractivity contribution in [3.8, 4) is 5.75 Å². The van der Waals surface area contributed by atoms with Crippen LogP contribution in [-0.4, -0.2) is 42.3 Å². The molecule has 1 fully saturated rings. The SMILES string of the molecule is C=C(c1c(OB(C)O)cnc2[nH]ccc12)C1CC(NS(=O)(=O)CC)C1. The molecule has 0 atom stereocenters. The largest absolute Gasteiger partial charge is 0.535 e. The Balaban J connectivity index is 1.82. The number of nitrogens with zero attached hydrogens (tertiary/aromatic N) is 1. The monoisotopic (exact) mass is 363 g/mol. The van der Waals surface area contributed by atoms with Crippen molar-refractivity contribution in [2.75, 3.05) is 5.75 Å². The first-order chi connectivity index (χ1) is 11.8. The fourth-order valence-electron chi connectivity index (χ4n) is 3.13. The molecule has 2 aromatic rings. The first-order valence-corrected chi connectivity index (χ1v) is 9.96. The van der Waals surface area contributed by atoms with Crippen molar-refractivity contribution < 1.29 is 18.1 Å². The van der Waals surface area contributed by atoms with Crippen LogP contribution in [0.15, 0.2) is 25.0 Å². The third-order valence-corrected chi connectivity index (χ3v) is 5.98. The highest BCUT2D eigenvalue weighted by molar-refractivity contribution is 7.89. The Morgan fingerprint density at radius 1 is 1.56 bits per heavy atom. The molecule has 0 aromatic carbocycles. The van der Waals surface area contributed by atoms with Gasteiger partial charge in [-0.25, -0.2) is 18.1 Å². The van der Waals surface area contributed by atoms with E-state index in [1.54, 1.807) is 19.3 Å². The van der Waals surface area contributed by atoms with E-state index in [0.29, 0.717) is 18.6 Å². The normalized spacial score (nSPS) is 20.3. The van der Waals surface area contributed by atoms with E-state index in [0.717, 1.165) is 22.2 Å². The van der Waals surface area contributed by atoms with E-state index in [2.05, 4.69) is 21.3 Å². The molecule has 2 aromatic heterocycles. The smallest absolute Gasteiger partial charge is 0.519 e. The van der Waals surface area contributed by atoms with Crippen molar-refractivity contribution in [3.63, 3.8) is 0 Å². The number of pyridine rings is 1. The van der Waals surface area contributed by atoms with Gasteiger partial charge in [0.1, 0.15) is 11.4 Å². The predicted octanol–water partition coefficient (Wildman–Crippen LogP) is 1.78. The molecule has 0 unspecified atom stereocenters.